The summed E-state index contributed by atoms with van der Waals surface area (Å²) in [6, 6.07) is 118. The SMILES string of the molecule is c1ccc(-c2cc(-c3ccccc3)cc(C3c4ccc(-c5ccccc5)cc4B4c5cc(-c6ccccc6)ccc5N(c5cc(-c6ccccc6)cc(-c6ccccc6)c5)c5cc(-n6c7ccccc7c7ccccc76)cc3c54)c2)cc1. The Hall–Kier alpha value is -10.5. The highest BCUT2D eigenvalue weighted by Gasteiger charge is 2.45. The van der Waals surface area contributed by atoms with Crippen molar-refractivity contribution in [2.24, 2.45) is 0 Å². The molecule has 13 aromatic carbocycles. The minimum Gasteiger partial charge on any atom is -0.311 e. The molecule has 1 atom stereocenters. The molecule has 82 heavy (non-hydrogen) atoms. The molecule has 0 saturated heterocycles. The molecular weight excluding hydrogens is 988 g/mol. The van der Waals surface area contributed by atoms with Crippen molar-refractivity contribution < 1.29 is 0 Å². The van der Waals surface area contributed by atoms with Gasteiger partial charge in [-0.2, -0.15) is 0 Å². The lowest BCUT2D eigenvalue weighted by Gasteiger charge is -2.44. The van der Waals surface area contributed by atoms with Crippen LogP contribution < -0.4 is 21.3 Å². The molecule has 1 aromatic heterocycles. The average Bonchev–Trinajstić information content (AvgIpc) is 2.36. The van der Waals surface area contributed by atoms with Crippen molar-refractivity contribution >= 4 is 62.0 Å². The van der Waals surface area contributed by atoms with Crippen molar-refractivity contribution in [3.05, 3.63) is 332 Å². The lowest BCUT2D eigenvalue weighted by Crippen LogP contribution is -2.62. The summed E-state index contributed by atoms with van der Waals surface area (Å²) in [5.74, 6) is -0.166. The smallest absolute Gasteiger partial charge is 0.247 e. The average molecular weight is 1040 g/mol. The van der Waals surface area contributed by atoms with Crippen molar-refractivity contribution in [2.75, 3.05) is 4.90 Å². The van der Waals surface area contributed by atoms with Crippen LogP contribution in [0.4, 0.5) is 17.1 Å². The van der Waals surface area contributed by atoms with E-state index in [2.05, 4.69) is 325 Å². The minimum absolute atomic E-state index is 0.126. The molecule has 16 rings (SSSR count). The van der Waals surface area contributed by atoms with E-state index < -0.39 is 0 Å². The van der Waals surface area contributed by atoms with Crippen LogP contribution in [0.2, 0.25) is 0 Å². The summed E-state index contributed by atoms with van der Waals surface area (Å²) in [6.07, 6.45) is 0. The van der Waals surface area contributed by atoms with Crippen LogP contribution >= 0.6 is 0 Å². The fourth-order valence-corrected chi connectivity index (χ4v) is 13.6. The Balaban J connectivity index is 1.07. The summed E-state index contributed by atoms with van der Waals surface area (Å²) in [7, 11) is 0. The van der Waals surface area contributed by atoms with Gasteiger partial charge in [-0.1, -0.05) is 266 Å². The van der Waals surface area contributed by atoms with Gasteiger partial charge in [-0.05, 0) is 149 Å². The Labute approximate surface area is 479 Å². The van der Waals surface area contributed by atoms with Crippen molar-refractivity contribution in [2.45, 2.75) is 5.92 Å². The number of anilines is 3. The number of para-hydroxylation sites is 2. The van der Waals surface area contributed by atoms with Crippen molar-refractivity contribution in [3.63, 3.8) is 0 Å². The standard InChI is InChI=1S/C79H53BN2/c1-7-23-53(24-8-1)59-39-41-70-72(49-59)80-73-50-60(54-25-9-2-10-26-54)40-42-76(73)82(66-47-63(57-31-15-5-16-32-57)44-64(48-66)58-33-17-6-18-34-58)77-52-67(81-74-37-21-19-35-68(74)69-36-20-22-38-75(69)81)51-71(79(77)80)78(70)65-45-61(55-27-11-3-12-28-55)43-62(46-65)56-29-13-4-14-30-56/h1-52,78H. The first-order valence-electron chi connectivity index (χ1n) is 28.5. The molecule has 1 unspecified atom stereocenters. The molecule has 0 amide bonds. The van der Waals surface area contributed by atoms with Crippen LogP contribution in [0.1, 0.15) is 22.6 Å². The van der Waals surface area contributed by atoms with E-state index in [1.807, 2.05) is 0 Å². The summed E-state index contributed by atoms with van der Waals surface area (Å²) in [5.41, 5.74) is 29.0. The van der Waals surface area contributed by atoms with Crippen LogP contribution in [0, 0.1) is 0 Å². The Morgan fingerprint density at radius 2 is 0.659 bits per heavy atom. The van der Waals surface area contributed by atoms with Crippen molar-refractivity contribution in [1.29, 1.82) is 0 Å². The topological polar surface area (TPSA) is 8.17 Å². The van der Waals surface area contributed by atoms with Crippen LogP contribution in [0.15, 0.2) is 315 Å². The number of fused-ring (bicyclic) bond motifs is 7. The Morgan fingerprint density at radius 1 is 0.256 bits per heavy atom. The van der Waals surface area contributed by atoms with E-state index >= 15 is 0 Å². The molecule has 14 aromatic rings. The highest BCUT2D eigenvalue weighted by Crippen LogP contribution is 2.48. The maximum absolute atomic E-state index is 2.62. The zero-order chi connectivity index (χ0) is 54.1. The second-order valence-electron chi connectivity index (χ2n) is 22.0. The Kier molecular flexibility index (Phi) is 11.4. The number of benzene rings is 13. The molecule has 2 aliphatic rings. The van der Waals surface area contributed by atoms with Gasteiger partial charge in [0.1, 0.15) is 0 Å². The normalized spacial score (nSPS) is 13.2. The zero-order valence-electron chi connectivity index (χ0n) is 45.1. The number of aromatic nitrogens is 1. The second-order valence-corrected chi connectivity index (χ2v) is 22.0. The summed E-state index contributed by atoms with van der Waals surface area (Å²) >= 11 is 0. The van der Waals surface area contributed by atoms with Gasteiger partial charge in [-0.25, -0.2) is 0 Å². The summed E-state index contributed by atoms with van der Waals surface area (Å²) in [4.78, 5) is 2.62. The molecule has 3 heterocycles. The van der Waals surface area contributed by atoms with E-state index in [0.717, 1.165) is 22.5 Å². The molecule has 0 bridgehead atoms. The number of hydrogen-bond donors (Lipinski definition) is 0. The van der Waals surface area contributed by atoms with Gasteiger partial charge in [-0.3, -0.25) is 0 Å². The van der Waals surface area contributed by atoms with Crippen LogP contribution in [-0.2, 0) is 0 Å². The lowest BCUT2D eigenvalue weighted by atomic mass is 9.31. The van der Waals surface area contributed by atoms with Gasteiger partial charge < -0.3 is 9.47 Å². The Bertz CT molecular complexity index is 4320. The molecule has 0 aliphatic carbocycles. The van der Waals surface area contributed by atoms with E-state index in [-0.39, 0.29) is 12.6 Å². The lowest BCUT2D eigenvalue weighted by molar-refractivity contribution is 0.979. The van der Waals surface area contributed by atoms with Gasteiger partial charge in [0.25, 0.3) is 0 Å². The quantitative estimate of drug-likeness (QED) is 0.131. The molecule has 0 N–H and O–H groups in total. The molecule has 0 spiro atoms. The number of hydrogen-bond acceptors (Lipinski definition) is 1. The van der Waals surface area contributed by atoms with E-state index in [1.54, 1.807) is 0 Å². The summed E-state index contributed by atoms with van der Waals surface area (Å²) in [6.45, 7) is -0.126. The summed E-state index contributed by atoms with van der Waals surface area (Å²) < 4.78 is 2.53. The molecule has 382 valence electrons. The van der Waals surface area contributed by atoms with Gasteiger partial charge >= 0.3 is 0 Å². The first-order valence-corrected chi connectivity index (χ1v) is 28.5. The van der Waals surface area contributed by atoms with Gasteiger partial charge in [0.2, 0.25) is 6.71 Å². The second kappa shape index (κ2) is 19.7. The number of rotatable bonds is 9. The van der Waals surface area contributed by atoms with Crippen LogP contribution in [0.3, 0.4) is 0 Å². The third-order valence-corrected chi connectivity index (χ3v) is 17.2. The van der Waals surface area contributed by atoms with Crippen LogP contribution in [-0.4, -0.2) is 11.3 Å². The van der Waals surface area contributed by atoms with Gasteiger partial charge in [0, 0.05) is 39.4 Å². The van der Waals surface area contributed by atoms with Crippen LogP contribution in [0.5, 0.6) is 0 Å². The monoisotopic (exact) mass is 1040 g/mol. The van der Waals surface area contributed by atoms with E-state index in [4.69, 9.17) is 0 Å². The first kappa shape index (κ1) is 47.5. The summed E-state index contributed by atoms with van der Waals surface area (Å²) in [5, 5.41) is 2.47. The molecule has 0 radical (unpaired) electrons. The highest BCUT2D eigenvalue weighted by atomic mass is 15.2. The molecule has 0 saturated carbocycles. The van der Waals surface area contributed by atoms with Gasteiger partial charge in [0.05, 0.1) is 11.0 Å². The largest absolute Gasteiger partial charge is 0.311 e. The molecular formula is C79H53BN2. The van der Waals surface area contributed by atoms with Gasteiger partial charge in [-0.15, -0.1) is 0 Å². The van der Waals surface area contributed by atoms with Crippen molar-refractivity contribution in [3.8, 4) is 72.4 Å². The van der Waals surface area contributed by atoms with E-state index in [9.17, 15) is 0 Å². The minimum atomic E-state index is -0.166. The maximum atomic E-state index is 2.62. The predicted molar refractivity (Wildman–Crippen MR) is 347 cm³/mol. The Morgan fingerprint density at radius 3 is 1.13 bits per heavy atom. The van der Waals surface area contributed by atoms with E-state index in [0.29, 0.717) is 0 Å². The number of nitrogens with zero attached hydrogens (tertiary/aromatic N) is 2. The third-order valence-electron chi connectivity index (χ3n) is 17.2. The molecule has 2 aliphatic heterocycles. The highest BCUT2D eigenvalue weighted by molar-refractivity contribution is 6.99. The molecule has 0 fully saturated rings. The van der Waals surface area contributed by atoms with Crippen molar-refractivity contribution in [1.82, 2.24) is 4.57 Å². The molecule has 2 nitrogen and oxygen atoms in total. The maximum Gasteiger partial charge on any atom is 0.247 e. The van der Waals surface area contributed by atoms with Gasteiger partial charge in [0.15, 0.2) is 0 Å². The molecule has 3 heteroatoms. The van der Waals surface area contributed by atoms with E-state index in [1.165, 1.54) is 122 Å². The van der Waals surface area contributed by atoms with Crippen LogP contribution in [0.25, 0.3) is 94.3 Å². The third kappa shape index (κ3) is 8.04. The first-order chi connectivity index (χ1) is 40.7. The predicted octanol–water partition coefficient (Wildman–Crippen LogP) is 18.6. The zero-order valence-corrected chi connectivity index (χ0v) is 45.1. The fourth-order valence-electron chi connectivity index (χ4n) is 13.6. The fraction of sp³-hybridized carbons (Fsp3) is 0.0127.